The molecule has 0 amide bonds. The number of carbonyl (C=O) groups excluding carboxylic acids is 1. The van der Waals surface area contributed by atoms with Gasteiger partial charge in [-0.2, -0.15) is 9.97 Å². The van der Waals surface area contributed by atoms with Gasteiger partial charge in [0.25, 0.3) is 0 Å². The van der Waals surface area contributed by atoms with Gasteiger partial charge >= 0.3 is 18.0 Å². The van der Waals surface area contributed by atoms with Crippen molar-refractivity contribution in [2.45, 2.75) is 0 Å². The molecule has 0 spiro atoms. The highest BCUT2D eigenvalue weighted by molar-refractivity contribution is 5.92. The highest BCUT2D eigenvalue weighted by Crippen LogP contribution is 2.25. The van der Waals surface area contributed by atoms with Gasteiger partial charge in [0.2, 0.25) is 5.95 Å². The fourth-order valence-corrected chi connectivity index (χ4v) is 1.60. The monoisotopic (exact) mass is 304 g/mol. The summed E-state index contributed by atoms with van der Waals surface area (Å²) in [5.41, 5.74) is 0.274. The van der Waals surface area contributed by atoms with Crippen LogP contribution in [-0.2, 0) is 4.74 Å². The standard InChI is InChI=1S/C14H16N4O4/c1-18(2)12-15-13(21-4)17-14(16-12)22-10-8-6-5-7-9(10)11(19)20-3/h5-8H,1-4H3. The van der Waals surface area contributed by atoms with Crippen LogP contribution in [0.5, 0.6) is 17.8 Å². The van der Waals surface area contributed by atoms with Gasteiger partial charge < -0.3 is 19.1 Å². The van der Waals surface area contributed by atoms with E-state index in [9.17, 15) is 4.79 Å². The van der Waals surface area contributed by atoms with Crippen LogP contribution in [0.1, 0.15) is 10.4 Å². The summed E-state index contributed by atoms with van der Waals surface area (Å²) in [5, 5.41) is 0. The average molecular weight is 304 g/mol. The van der Waals surface area contributed by atoms with Gasteiger partial charge in [-0.15, -0.1) is 4.98 Å². The maximum absolute atomic E-state index is 11.7. The van der Waals surface area contributed by atoms with E-state index in [1.165, 1.54) is 14.2 Å². The molecule has 0 N–H and O–H groups in total. The molecule has 0 aliphatic heterocycles. The van der Waals surface area contributed by atoms with Crippen LogP contribution < -0.4 is 14.4 Å². The van der Waals surface area contributed by atoms with Crippen LogP contribution in [0.15, 0.2) is 24.3 Å². The molecular formula is C14H16N4O4. The number of nitrogens with zero attached hydrogens (tertiary/aromatic N) is 4. The third kappa shape index (κ3) is 3.40. The third-order valence-electron chi connectivity index (χ3n) is 2.66. The molecule has 0 aliphatic carbocycles. The summed E-state index contributed by atoms with van der Waals surface area (Å²) in [6.07, 6.45) is 0. The summed E-state index contributed by atoms with van der Waals surface area (Å²) >= 11 is 0. The average Bonchev–Trinajstić information content (AvgIpc) is 2.54. The molecule has 8 heteroatoms. The van der Waals surface area contributed by atoms with E-state index in [1.54, 1.807) is 43.3 Å². The van der Waals surface area contributed by atoms with E-state index >= 15 is 0 Å². The second-order valence-corrected chi connectivity index (χ2v) is 4.39. The number of para-hydroxylation sites is 1. The second kappa shape index (κ2) is 6.70. The maximum Gasteiger partial charge on any atom is 0.341 e. The predicted octanol–water partition coefficient (Wildman–Crippen LogP) is 1.53. The SMILES string of the molecule is COC(=O)c1ccccc1Oc1nc(OC)nc(N(C)C)n1. The summed E-state index contributed by atoms with van der Waals surface area (Å²) in [4.78, 5) is 25.7. The van der Waals surface area contributed by atoms with Crippen molar-refractivity contribution in [1.29, 1.82) is 0 Å². The molecule has 8 nitrogen and oxygen atoms in total. The number of hydrogen-bond donors (Lipinski definition) is 0. The van der Waals surface area contributed by atoms with Crippen molar-refractivity contribution >= 4 is 11.9 Å². The number of hydrogen-bond acceptors (Lipinski definition) is 8. The first kappa shape index (κ1) is 15.5. The van der Waals surface area contributed by atoms with Gasteiger partial charge in [0.15, 0.2) is 0 Å². The molecule has 1 aromatic carbocycles. The van der Waals surface area contributed by atoms with Crippen molar-refractivity contribution in [2.24, 2.45) is 0 Å². The first-order valence-corrected chi connectivity index (χ1v) is 6.37. The van der Waals surface area contributed by atoms with Crippen molar-refractivity contribution < 1.29 is 19.0 Å². The molecule has 0 saturated carbocycles. The maximum atomic E-state index is 11.7. The van der Waals surface area contributed by atoms with Crippen LogP contribution in [0.25, 0.3) is 0 Å². The number of methoxy groups -OCH3 is 2. The number of esters is 1. The number of carbonyl (C=O) groups is 1. The quantitative estimate of drug-likeness (QED) is 0.769. The van der Waals surface area contributed by atoms with E-state index < -0.39 is 5.97 Å². The Kier molecular flexibility index (Phi) is 4.72. The summed E-state index contributed by atoms with van der Waals surface area (Å²) in [7, 11) is 6.30. The van der Waals surface area contributed by atoms with E-state index in [-0.39, 0.29) is 23.3 Å². The van der Waals surface area contributed by atoms with Crippen molar-refractivity contribution in [3.8, 4) is 17.8 Å². The first-order valence-electron chi connectivity index (χ1n) is 6.37. The minimum absolute atomic E-state index is 0.0203. The van der Waals surface area contributed by atoms with Gasteiger partial charge in [0.1, 0.15) is 11.3 Å². The molecule has 0 atom stereocenters. The van der Waals surface area contributed by atoms with Crippen molar-refractivity contribution in [3.63, 3.8) is 0 Å². The summed E-state index contributed by atoms with van der Waals surface area (Å²) < 4.78 is 15.3. The number of aromatic nitrogens is 3. The van der Waals surface area contributed by atoms with Crippen molar-refractivity contribution in [1.82, 2.24) is 15.0 Å². The Balaban J connectivity index is 2.39. The van der Waals surface area contributed by atoms with Crippen LogP contribution in [0.3, 0.4) is 0 Å². The number of ether oxygens (including phenoxy) is 3. The zero-order valence-corrected chi connectivity index (χ0v) is 12.7. The van der Waals surface area contributed by atoms with E-state index in [0.717, 1.165) is 0 Å². The lowest BCUT2D eigenvalue weighted by Gasteiger charge is -2.13. The van der Waals surface area contributed by atoms with Crippen molar-refractivity contribution in [3.05, 3.63) is 29.8 Å². The molecule has 116 valence electrons. The molecule has 0 saturated heterocycles. The van der Waals surface area contributed by atoms with Crippen LogP contribution in [0.2, 0.25) is 0 Å². The highest BCUT2D eigenvalue weighted by Gasteiger charge is 2.16. The van der Waals surface area contributed by atoms with E-state index in [0.29, 0.717) is 5.95 Å². The van der Waals surface area contributed by atoms with Gasteiger partial charge in [-0.1, -0.05) is 12.1 Å². The van der Waals surface area contributed by atoms with Gasteiger partial charge in [-0.3, -0.25) is 0 Å². The minimum atomic E-state index is -0.510. The Labute approximate surface area is 127 Å². The second-order valence-electron chi connectivity index (χ2n) is 4.39. The molecule has 0 radical (unpaired) electrons. The Morgan fingerprint density at radius 2 is 1.73 bits per heavy atom. The molecule has 0 bridgehead atoms. The fraction of sp³-hybridized carbons (Fsp3) is 0.286. The Hall–Kier alpha value is -2.90. The topological polar surface area (TPSA) is 86.7 Å². The Morgan fingerprint density at radius 3 is 2.36 bits per heavy atom. The minimum Gasteiger partial charge on any atom is -0.467 e. The lowest BCUT2D eigenvalue weighted by atomic mass is 10.2. The molecule has 0 fully saturated rings. The van der Waals surface area contributed by atoms with Crippen LogP contribution >= 0.6 is 0 Å². The molecule has 1 heterocycles. The zero-order chi connectivity index (χ0) is 16.1. The van der Waals surface area contributed by atoms with Crippen LogP contribution in [0.4, 0.5) is 5.95 Å². The van der Waals surface area contributed by atoms with E-state index in [4.69, 9.17) is 14.2 Å². The largest absolute Gasteiger partial charge is 0.467 e. The lowest BCUT2D eigenvalue weighted by Crippen LogP contribution is -2.14. The molecule has 2 aromatic rings. The van der Waals surface area contributed by atoms with E-state index in [2.05, 4.69) is 15.0 Å². The number of benzene rings is 1. The summed E-state index contributed by atoms with van der Waals surface area (Å²) in [5.74, 6) is 0.147. The van der Waals surface area contributed by atoms with Crippen molar-refractivity contribution in [2.75, 3.05) is 33.2 Å². The van der Waals surface area contributed by atoms with Crippen LogP contribution in [-0.4, -0.2) is 49.2 Å². The Bertz CT molecular complexity index is 676. The molecule has 0 unspecified atom stereocenters. The summed E-state index contributed by atoms with van der Waals surface area (Å²) in [6.45, 7) is 0. The van der Waals surface area contributed by atoms with Gasteiger partial charge in [-0.25, -0.2) is 4.79 Å². The molecular weight excluding hydrogens is 288 g/mol. The van der Waals surface area contributed by atoms with Gasteiger partial charge in [0, 0.05) is 14.1 Å². The molecule has 0 aliphatic rings. The Morgan fingerprint density at radius 1 is 1.05 bits per heavy atom. The number of rotatable bonds is 5. The first-order chi connectivity index (χ1) is 10.5. The van der Waals surface area contributed by atoms with Gasteiger partial charge in [0.05, 0.1) is 14.2 Å². The fourth-order valence-electron chi connectivity index (χ4n) is 1.60. The third-order valence-corrected chi connectivity index (χ3v) is 2.66. The smallest absolute Gasteiger partial charge is 0.341 e. The lowest BCUT2D eigenvalue weighted by molar-refractivity contribution is 0.0598. The molecule has 22 heavy (non-hydrogen) atoms. The molecule has 1 aromatic heterocycles. The zero-order valence-electron chi connectivity index (χ0n) is 12.7. The predicted molar refractivity (Wildman–Crippen MR) is 78.6 cm³/mol. The highest BCUT2D eigenvalue weighted by atomic mass is 16.5. The summed E-state index contributed by atoms with van der Waals surface area (Å²) in [6, 6.07) is 6.78. The normalized spacial score (nSPS) is 10.0. The van der Waals surface area contributed by atoms with E-state index in [1.807, 2.05) is 0 Å². The van der Waals surface area contributed by atoms with Gasteiger partial charge in [-0.05, 0) is 12.1 Å². The molecule has 2 rings (SSSR count). The number of anilines is 1. The van der Waals surface area contributed by atoms with Crippen LogP contribution in [0, 0.1) is 0 Å².